The molecule has 2 rings (SSSR count). The Labute approximate surface area is 141 Å². The van der Waals surface area contributed by atoms with Crippen molar-refractivity contribution in [3.05, 3.63) is 53.6 Å². The van der Waals surface area contributed by atoms with Crippen LogP contribution in [0, 0.1) is 0 Å². The lowest BCUT2D eigenvalue weighted by Gasteiger charge is -2.09. The van der Waals surface area contributed by atoms with Crippen LogP contribution < -0.4 is 9.47 Å². The van der Waals surface area contributed by atoms with Crippen LogP contribution in [-0.2, 0) is 16.4 Å². The topological polar surface area (TPSA) is 85.2 Å². The van der Waals surface area contributed by atoms with E-state index in [1.165, 1.54) is 32.6 Å². The zero-order chi connectivity index (χ0) is 17.6. The zero-order valence-electron chi connectivity index (χ0n) is 13.5. The van der Waals surface area contributed by atoms with E-state index in [0.29, 0.717) is 12.0 Å². The molecule has 0 radical (unpaired) electrons. The van der Waals surface area contributed by atoms with Crippen LogP contribution in [0.25, 0.3) is 0 Å². The van der Waals surface area contributed by atoms with Gasteiger partial charge in [-0.1, -0.05) is 30.3 Å². The van der Waals surface area contributed by atoms with Gasteiger partial charge in [0.1, 0.15) is 0 Å². The van der Waals surface area contributed by atoms with Crippen molar-refractivity contribution < 1.29 is 23.0 Å². The smallest absolute Gasteiger partial charge is 0.253 e. The highest BCUT2D eigenvalue weighted by atomic mass is 32.2. The lowest BCUT2D eigenvalue weighted by atomic mass is 10.2. The van der Waals surface area contributed by atoms with E-state index in [1.807, 2.05) is 30.3 Å². The van der Waals surface area contributed by atoms with Crippen LogP contribution in [0.3, 0.4) is 0 Å². The highest BCUT2D eigenvalue weighted by molar-refractivity contribution is 7.90. The standard InChI is InChI=1S/C17H19NO5S/c1-22-15-10-14(11-16(23-2)17(15)19)12-18-24(20,21)9-8-13-6-4-3-5-7-13/h3-7,10-12,19H,8-9H2,1-2H3. The van der Waals surface area contributed by atoms with Gasteiger partial charge in [0, 0.05) is 11.8 Å². The Bertz CT molecular complexity index is 791. The maximum atomic E-state index is 12.0. The normalized spacial score (nSPS) is 11.6. The second-order valence-electron chi connectivity index (χ2n) is 5.03. The van der Waals surface area contributed by atoms with Crippen molar-refractivity contribution in [2.75, 3.05) is 20.0 Å². The molecule has 0 saturated heterocycles. The summed E-state index contributed by atoms with van der Waals surface area (Å²) in [7, 11) is -0.812. The van der Waals surface area contributed by atoms with Gasteiger partial charge in [-0.3, -0.25) is 0 Å². The van der Waals surface area contributed by atoms with Gasteiger partial charge in [0.15, 0.2) is 11.5 Å². The van der Waals surface area contributed by atoms with Crippen LogP contribution in [0.15, 0.2) is 46.9 Å². The molecule has 0 aliphatic carbocycles. The Morgan fingerprint density at radius 2 is 1.67 bits per heavy atom. The number of aryl methyl sites for hydroxylation is 1. The maximum Gasteiger partial charge on any atom is 0.253 e. The van der Waals surface area contributed by atoms with Gasteiger partial charge in [-0.05, 0) is 24.1 Å². The minimum Gasteiger partial charge on any atom is -0.502 e. The van der Waals surface area contributed by atoms with Gasteiger partial charge in [0.2, 0.25) is 5.75 Å². The SMILES string of the molecule is COc1cc(C=NS(=O)(=O)CCc2ccccc2)cc(OC)c1O. The molecule has 24 heavy (non-hydrogen) atoms. The van der Waals surface area contributed by atoms with E-state index in [2.05, 4.69) is 4.40 Å². The van der Waals surface area contributed by atoms with Crippen molar-refractivity contribution in [3.63, 3.8) is 0 Å². The quantitative estimate of drug-likeness (QED) is 0.776. The average molecular weight is 349 g/mol. The summed E-state index contributed by atoms with van der Waals surface area (Å²) in [6, 6.07) is 12.3. The summed E-state index contributed by atoms with van der Waals surface area (Å²) in [5.74, 6) is 0.124. The number of phenolic OH excluding ortho intramolecular Hbond substituents is 1. The Morgan fingerprint density at radius 3 is 2.21 bits per heavy atom. The summed E-state index contributed by atoms with van der Waals surface area (Å²) in [6.45, 7) is 0. The minimum absolute atomic E-state index is 0.0835. The molecule has 1 N–H and O–H groups in total. The largest absolute Gasteiger partial charge is 0.502 e. The third kappa shape index (κ3) is 4.73. The first-order valence-electron chi connectivity index (χ1n) is 7.22. The number of benzene rings is 2. The number of methoxy groups -OCH3 is 2. The van der Waals surface area contributed by atoms with Crippen molar-refractivity contribution in [2.45, 2.75) is 6.42 Å². The summed E-state index contributed by atoms with van der Waals surface area (Å²) >= 11 is 0. The monoisotopic (exact) mass is 349 g/mol. The van der Waals surface area contributed by atoms with Crippen molar-refractivity contribution in [2.24, 2.45) is 4.40 Å². The molecule has 2 aromatic rings. The number of hydrogen-bond acceptors (Lipinski definition) is 5. The molecule has 6 nitrogen and oxygen atoms in total. The van der Waals surface area contributed by atoms with Gasteiger partial charge in [-0.2, -0.15) is 4.40 Å². The van der Waals surface area contributed by atoms with Gasteiger partial charge < -0.3 is 14.6 Å². The highest BCUT2D eigenvalue weighted by Gasteiger charge is 2.12. The lowest BCUT2D eigenvalue weighted by molar-refractivity contribution is 0.340. The van der Waals surface area contributed by atoms with Gasteiger partial charge in [-0.25, -0.2) is 8.42 Å². The predicted octanol–water partition coefficient (Wildman–Crippen LogP) is 2.40. The number of sulfonamides is 1. The van der Waals surface area contributed by atoms with Crippen molar-refractivity contribution in [3.8, 4) is 17.2 Å². The van der Waals surface area contributed by atoms with Gasteiger partial charge in [-0.15, -0.1) is 0 Å². The summed E-state index contributed by atoms with van der Waals surface area (Å²) in [5.41, 5.74) is 1.38. The zero-order valence-corrected chi connectivity index (χ0v) is 14.3. The van der Waals surface area contributed by atoms with Crippen molar-refractivity contribution >= 4 is 16.2 Å². The van der Waals surface area contributed by atoms with E-state index in [0.717, 1.165) is 5.56 Å². The molecule has 0 fully saturated rings. The Morgan fingerprint density at radius 1 is 1.08 bits per heavy atom. The molecule has 2 aromatic carbocycles. The first-order valence-corrected chi connectivity index (χ1v) is 8.83. The Balaban J connectivity index is 2.14. The van der Waals surface area contributed by atoms with Crippen LogP contribution in [-0.4, -0.2) is 39.7 Å². The molecule has 128 valence electrons. The second kappa shape index (κ2) is 7.83. The number of hydrogen-bond donors (Lipinski definition) is 1. The average Bonchev–Trinajstić information content (AvgIpc) is 2.60. The number of phenols is 1. The second-order valence-corrected chi connectivity index (χ2v) is 6.81. The molecule has 0 bridgehead atoms. The predicted molar refractivity (Wildman–Crippen MR) is 92.7 cm³/mol. The molecular weight excluding hydrogens is 330 g/mol. The molecule has 0 aromatic heterocycles. The minimum atomic E-state index is -3.60. The number of nitrogens with zero attached hydrogens (tertiary/aromatic N) is 1. The fourth-order valence-corrected chi connectivity index (χ4v) is 2.96. The Hall–Kier alpha value is -2.54. The lowest BCUT2D eigenvalue weighted by Crippen LogP contribution is -2.06. The number of ether oxygens (including phenoxy) is 2. The van der Waals surface area contributed by atoms with Crippen LogP contribution in [0.4, 0.5) is 0 Å². The summed E-state index contributed by atoms with van der Waals surface area (Å²) in [6.07, 6.45) is 1.60. The van der Waals surface area contributed by atoms with Crippen LogP contribution in [0.1, 0.15) is 11.1 Å². The molecule has 7 heteroatoms. The highest BCUT2D eigenvalue weighted by Crippen LogP contribution is 2.36. The van der Waals surface area contributed by atoms with E-state index in [9.17, 15) is 13.5 Å². The van der Waals surface area contributed by atoms with E-state index >= 15 is 0 Å². The molecule has 0 spiro atoms. The summed E-state index contributed by atoms with van der Waals surface area (Å²) in [5, 5.41) is 9.84. The van der Waals surface area contributed by atoms with Gasteiger partial charge in [0.25, 0.3) is 10.0 Å². The summed E-state index contributed by atoms with van der Waals surface area (Å²) < 4.78 is 37.8. The third-order valence-corrected chi connectivity index (χ3v) is 4.50. The number of aromatic hydroxyl groups is 1. The van der Waals surface area contributed by atoms with E-state index < -0.39 is 10.0 Å². The van der Waals surface area contributed by atoms with E-state index in [-0.39, 0.29) is 23.0 Å². The van der Waals surface area contributed by atoms with Gasteiger partial charge >= 0.3 is 0 Å². The number of rotatable bonds is 7. The molecule has 0 aliphatic rings. The molecule has 0 aliphatic heterocycles. The molecule has 0 unspecified atom stereocenters. The fraction of sp³-hybridized carbons (Fsp3) is 0.235. The molecule has 0 atom stereocenters. The van der Waals surface area contributed by atoms with Crippen molar-refractivity contribution in [1.82, 2.24) is 0 Å². The van der Waals surface area contributed by atoms with Crippen LogP contribution in [0.2, 0.25) is 0 Å². The molecular formula is C17H19NO5S. The van der Waals surface area contributed by atoms with E-state index in [1.54, 1.807) is 0 Å². The van der Waals surface area contributed by atoms with Crippen LogP contribution >= 0.6 is 0 Å². The van der Waals surface area contributed by atoms with Crippen molar-refractivity contribution in [1.29, 1.82) is 0 Å². The van der Waals surface area contributed by atoms with Crippen LogP contribution in [0.5, 0.6) is 17.2 Å². The summed E-state index contributed by atoms with van der Waals surface area (Å²) in [4.78, 5) is 0. The maximum absolute atomic E-state index is 12.0. The first kappa shape index (κ1) is 17.8. The van der Waals surface area contributed by atoms with E-state index in [4.69, 9.17) is 9.47 Å². The van der Waals surface area contributed by atoms with Gasteiger partial charge in [0.05, 0.1) is 20.0 Å². The molecule has 0 amide bonds. The third-order valence-electron chi connectivity index (χ3n) is 3.36. The Kier molecular flexibility index (Phi) is 5.81. The molecule has 0 heterocycles. The first-order chi connectivity index (χ1) is 11.4. The molecule has 0 saturated carbocycles. The fourth-order valence-electron chi connectivity index (χ4n) is 2.07.